The van der Waals surface area contributed by atoms with Gasteiger partial charge in [-0.25, -0.2) is 0 Å². The first kappa shape index (κ1) is 15.5. The molecule has 4 nitrogen and oxygen atoms in total. The van der Waals surface area contributed by atoms with E-state index in [2.05, 4.69) is 36.6 Å². The smallest absolute Gasteiger partial charge is 0.122 e. The topological polar surface area (TPSA) is 45.6 Å². The highest BCUT2D eigenvalue weighted by Crippen LogP contribution is 2.27. The maximum absolute atomic E-state index is 6.34. The van der Waals surface area contributed by atoms with Gasteiger partial charge in [0.15, 0.2) is 0 Å². The maximum atomic E-state index is 6.34. The molecule has 0 radical (unpaired) electrons. The average molecular weight is 279 g/mol. The van der Waals surface area contributed by atoms with E-state index in [1.807, 2.05) is 6.07 Å². The van der Waals surface area contributed by atoms with Gasteiger partial charge in [0.25, 0.3) is 0 Å². The third kappa shape index (κ3) is 3.43. The molecule has 2 N–H and O–H groups in total. The molecule has 0 spiro atoms. The van der Waals surface area contributed by atoms with Crippen LogP contribution < -0.4 is 5.73 Å². The second-order valence-corrected chi connectivity index (χ2v) is 5.86. The van der Waals surface area contributed by atoms with E-state index in [1.165, 1.54) is 6.42 Å². The number of hydrogen-bond acceptors (Lipinski definition) is 4. The Balaban J connectivity index is 2.02. The number of piperazine rings is 1. The summed E-state index contributed by atoms with van der Waals surface area (Å²) in [6.45, 7) is 11.1. The first-order chi connectivity index (χ1) is 9.67. The van der Waals surface area contributed by atoms with Crippen molar-refractivity contribution in [3.8, 4) is 0 Å². The van der Waals surface area contributed by atoms with Crippen LogP contribution in [-0.4, -0.2) is 48.1 Å². The van der Waals surface area contributed by atoms with Crippen LogP contribution in [0.1, 0.15) is 45.4 Å². The summed E-state index contributed by atoms with van der Waals surface area (Å²) in [4.78, 5) is 5.07. The van der Waals surface area contributed by atoms with E-state index in [9.17, 15) is 0 Å². The Kier molecular flexibility index (Phi) is 5.64. The first-order valence-corrected chi connectivity index (χ1v) is 7.94. The van der Waals surface area contributed by atoms with Gasteiger partial charge in [0.05, 0.1) is 12.3 Å². The summed E-state index contributed by atoms with van der Waals surface area (Å²) in [6.07, 6.45) is 3.94. The van der Waals surface area contributed by atoms with Crippen molar-refractivity contribution in [2.75, 3.05) is 26.2 Å². The molecular formula is C16H29N3O. The fourth-order valence-electron chi connectivity index (χ4n) is 3.06. The van der Waals surface area contributed by atoms with Gasteiger partial charge in [-0.1, -0.05) is 13.8 Å². The molecule has 1 fully saturated rings. The Morgan fingerprint density at radius 1 is 1.15 bits per heavy atom. The average Bonchev–Trinajstić information content (AvgIpc) is 3.01. The number of hydrogen-bond donors (Lipinski definition) is 1. The van der Waals surface area contributed by atoms with Crippen molar-refractivity contribution in [3.05, 3.63) is 24.2 Å². The molecule has 3 unspecified atom stereocenters. The quantitative estimate of drug-likeness (QED) is 0.869. The van der Waals surface area contributed by atoms with Crippen LogP contribution in [0.2, 0.25) is 0 Å². The highest BCUT2D eigenvalue weighted by molar-refractivity contribution is 5.08. The van der Waals surface area contributed by atoms with Gasteiger partial charge in [-0.3, -0.25) is 9.80 Å². The van der Waals surface area contributed by atoms with Gasteiger partial charge in [0.1, 0.15) is 5.76 Å². The third-order valence-electron chi connectivity index (χ3n) is 4.67. The molecule has 0 amide bonds. The summed E-state index contributed by atoms with van der Waals surface area (Å²) >= 11 is 0. The Bertz CT molecular complexity index is 371. The van der Waals surface area contributed by atoms with E-state index in [4.69, 9.17) is 10.2 Å². The summed E-state index contributed by atoms with van der Waals surface area (Å²) in [5.74, 6) is 1.01. The lowest BCUT2D eigenvalue weighted by molar-refractivity contribution is 0.0551. The van der Waals surface area contributed by atoms with Gasteiger partial charge in [-0.05, 0) is 31.9 Å². The van der Waals surface area contributed by atoms with Gasteiger partial charge in [-0.15, -0.1) is 0 Å². The van der Waals surface area contributed by atoms with Gasteiger partial charge in [0, 0.05) is 38.3 Å². The lowest BCUT2D eigenvalue weighted by Crippen LogP contribution is -2.53. The molecule has 3 atom stereocenters. The molecule has 114 valence electrons. The minimum atomic E-state index is 0.135. The number of furan rings is 1. The van der Waals surface area contributed by atoms with E-state index >= 15 is 0 Å². The fraction of sp³-hybridized carbons (Fsp3) is 0.750. The lowest BCUT2D eigenvalue weighted by Gasteiger charge is -2.42. The molecule has 1 saturated heterocycles. The van der Waals surface area contributed by atoms with E-state index in [1.54, 1.807) is 6.26 Å². The minimum absolute atomic E-state index is 0.135. The molecule has 0 bridgehead atoms. The van der Waals surface area contributed by atoms with Crippen LogP contribution in [0, 0.1) is 0 Å². The summed E-state index contributed by atoms with van der Waals surface area (Å²) in [7, 11) is 0. The minimum Gasteiger partial charge on any atom is -0.468 e. The predicted octanol–water partition coefficient (Wildman–Crippen LogP) is 2.47. The molecule has 2 heterocycles. The van der Waals surface area contributed by atoms with Gasteiger partial charge in [0.2, 0.25) is 0 Å². The molecule has 4 heteroatoms. The zero-order valence-electron chi connectivity index (χ0n) is 13.1. The van der Waals surface area contributed by atoms with E-state index in [-0.39, 0.29) is 12.1 Å². The van der Waals surface area contributed by atoms with Crippen LogP contribution in [0.25, 0.3) is 0 Å². The highest BCUT2D eigenvalue weighted by atomic mass is 16.3. The molecule has 1 aromatic heterocycles. The van der Waals surface area contributed by atoms with Crippen LogP contribution in [0.15, 0.2) is 22.8 Å². The van der Waals surface area contributed by atoms with Crippen molar-refractivity contribution in [2.24, 2.45) is 5.73 Å². The third-order valence-corrected chi connectivity index (χ3v) is 4.67. The number of nitrogens with zero attached hydrogens (tertiary/aromatic N) is 2. The van der Waals surface area contributed by atoms with Gasteiger partial charge in [-0.2, -0.15) is 0 Å². The molecule has 20 heavy (non-hydrogen) atoms. The summed E-state index contributed by atoms with van der Waals surface area (Å²) in [5, 5.41) is 0. The zero-order valence-corrected chi connectivity index (χ0v) is 13.1. The van der Waals surface area contributed by atoms with Crippen molar-refractivity contribution in [2.45, 2.75) is 51.7 Å². The van der Waals surface area contributed by atoms with Crippen LogP contribution in [-0.2, 0) is 0 Å². The molecule has 1 aliphatic heterocycles. The highest BCUT2D eigenvalue weighted by Gasteiger charge is 2.31. The Morgan fingerprint density at radius 2 is 1.80 bits per heavy atom. The second kappa shape index (κ2) is 7.25. The predicted molar refractivity (Wildman–Crippen MR) is 82.6 cm³/mol. The van der Waals surface area contributed by atoms with Crippen molar-refractivity contribution in [3.63, 3.8) is 0 Å². The van der Waals surface area contributed by atoms with Crippen molar-refractivity contribution in [1.82, 2.24) is 9.80 Å². The Labute approximate surface area is 122 Å². The standard InChI is InChI=1S/C16H29N3O/c1-4-13(3)18-8-10-19(11-9-18)16(14(17)5-2)15-7-6-12-20-15/h6-7,12-14,16H,4-5,8-11,17H2,1-3H3. The number of nitrogens with two attached hydrogens (primary N) is 1. The fourth-order valence-corrected chi connectivity index (χ4v) is 3.06. The van der Waals surface area contributed by atoms with Gasteiger partial charge >= 0.3 is 0 Å². The molecule has 2 rings (SSSR count). The molecule has 0 saturated carbocycles. The largest absolute Gasteiger partial charge is 0.468 e. The molecule has 0 aliphatic carbocycles. The van der Waals surface area contributed by atoms with E-state index < -0.39 is 0 Å². The number of rotatable bonds is 6. The summed E-state index contributed by atoms with van der Waals surface area (Å²) < 4.78 is 5.63. The normalized spacial score (nSPS) is 22.6. The van der Waals surface area contributed by atoms with Gasteiger partial charge < -0.3 is 10.2 Å². The maximum Gasteiger partial charge on any atom is 0.122 e. The van der Waals surface area contributed by atoms with Crippen LogP contribution in [0.3, 0.4) is 0 Å². The molecule has 1 aliphatic rings. The van der Waals surface area contributed by atoms with Crippen molar-refractivity contribution >= 4 is 0 Å². The summed E-state index contributed by atoms with van der Waals surface area (Å²) in [5.41, 5.74) is 6.34. The van der Waals surface area contributed by atoms with E-state index in [0.29, 0.717) is 6.04 Å². The lowest BCUT2D eigenvalue weighted by atomic mass is 10.0. The van der Waals surface area contributed by atoms with Crippen molar-refractivity contribution in [1.29, 1.82) is 0 Å². The van der Waals surface area contributed by atoms with Crippen LogP contribution >= 0.6 is 0 Å². The Morgan fingerprint density at radius 3 is 2.30 bits per heavy atom. The first-order valence-electron chi connectivity index (χ1n) is 7.94. The van der Waals surface area contributed by atoms with Crippen LogP contribution in [0.4, 0.5) is 0 Å². The zero-order chi connectivity index (χ0) is 14.5. The molecular weight excluding hydrogens is 250 g/mol. The van der Waals surface area contributed by atoms with Crippen molar-refractivity contribution < 1.29 is 4.42 Å². The Hall–Kier alpha value is -0.840. The van der Waals surface area contributed by atoms with Crippen LogP contribution in [0.5, 0.6) is 0 Å². The summed E-state index contributed by atoms with van der Waals surface area (Å²) in [6, 6.07) is 5.05. The monoisotopic (exact) mass is 279 g/mol. The van der Waals surface area contributed by atoms with E-state index in [0.717, 1.165) is 38.4 Å². The SMILES string of the molecule is CCC(N)C(c1ccco1)N1CCN(C(C)CC)CC1. The molecule has 0 aromatic carbocycles. The molecule has 1 aromatic rings. The second-order valence-electron chi connectivity index (χ2n) is 5.86.